The Hall–Kier alpha value is -2.37. The smallest absolute Gasteiger partial charge is 0.168 e. The van der Waals surface area contributed by atoms with Gasteiger partial charge in [0.15, 0.2) is 11.6 Å². The average Bonchev–Trinajstić information content (AvgIpc) is 2.99. The number of hydrogen-bond donors (Lipinski definition) is 1. The fourth-order valence-electron chi connectivity index (χ4n) is 3.11. The van der Waals surface area contributed by atoms with Gasteiger partial charge in [-0.3, -0.25) is 4.79 Å². The maximum Gasteiger partial charge on any atom is 0.168 e. The first-order valence-electron chi connectivity index (χ1n) is 8.16. The summed E-state index contributed by atoms with van der Waals surface area (Å²) in [6.45, 7) is 0. The van der Waals surface area contributed by atoms with Gasteiger partial charge < -0.3 is 5.32 Å². The third kappa shape index (κ3) is 3.08. The van der Waals surface area contributed by atoms with E-state index in [4.69, 9.17) is 23.2 Å². The average molecular weight is 390 g/mol. The number of hydrogen-bond acceptors (Lipinski definition) is 3. The van der Waals surface area contributed by atoms with E-state index in [0.29, 0.717) is 39.2 Å². The highest BCUT2D eigenvalue weighted by molar-refractivity contribution is 6.42. The topological polar surface area (TPSA) is 46.9 Å². The molecule has 1 heterocycles. The lowest BCUT2D eigenvalue weighted by atomic mass is 9.95. The Bertz CT molecular complexity index is 999. The van der Waals surface area contributed by atoms with E-state index < -0.39 is 0 Å². The van der Waals surface area contributed by atoms with Crippen molar-refractivity contribution in [2.45, 2.75) is 19.3 Å². The number of ketones is 1. The van der Waals surface area contributed by atoms with E-state index in [1.54, 1.807) is 35.0 Å². The fourth-order valence-corrected chi connectivity index (χ4v) is 3.41. The molecule has 0 amide bonds. The summed E-state index contributed by atoms with van der Waals surface area (Å²) >= 11 is 12.0. The number of nitrogens with zero attached hydrogens (tertiary/aromatic N) is 2. The van der Waals surface area contributed by atoms with Gasteiger partial charge >= 0.3 is 0 Å². The predicted octanol–water partition coefficient (Wildman–Crippen LogP) is 5.58. The number of nitrogens with one attached hydrogen (secondary N) is 1. The highest BCUT2D eigenvalue weighted by Gasteiger charge is 2.27. The molecule has 1 aromatic heterocycles. The third-order valence-corrected chi connectivity index (χ3v) is 5.07. The van der Waals surface area contributed by atoms with E-state index in [9.17, 15) is 9.18 Å². The van der Waals surface area contributed by atoms with Crippen molar-refractivity contribution >= 4 is 40.5 Å². The van der Waals surface area contributed by atoms with Crippen LogP contribution in [0.3, 0.4) is 0 Å². The van der Waals surface area contributed by atoms with Crippen LogP contribution in [-0.4, -0.2) is 15.6 Å². The van der Waals surface area contributed by atoms with Crippen molar-refractivity contribution in [3.05, 3.63) is 69.6 Å². The van der Waals surface area contributed by atoms with Crippen molar-refractivity contribution < 1.29 is 9.18 Å². The van der Waals surface area contributed by atoms with Gasteiger partial charge in [-0.05, 0) is 55.3 Å². The Balaban J connectivity index is 1.80. The molecule has 1 N–H and O–H groups in total. The summed E-state index contributed by atoms with van der Waals surface area (Å²) in [4.78, 5) is 12.5. The summed E-state index contributed by atoms with van der Waals surface area (Å²) in [5.41, 5.74) is 2.80. The second-order valence-electron chi connectivity index (χ2n) is 6.09. The number of anilines is 2. The van der Waals surface area contributed by atoms with Gasteiger partial charge in [0.25, 0.3) is 0 Å². The van der Waals surface area contributed by atoms with E-state index >= 15 is 0 Å². The van der Waals surface area contributed by atoms with Crippen molar-refractivity contribution in [2.75, 3.05) is 5.32 Å². The van der Waals surface area contributed by atoms with Crippen molar-refractivity contribution in [2.24, 2.45) is 0 Å². The van der Waals surface area contributed by atoms with E-state index in [1.165, 1.54) is 12.1 Å². The second-order valence-corrected chi connectivity index (χ2v) is 6.90. The largest absolute Gasteiger partial charge is 0.338 e. The number of aromatic nitrogens is 2. The standard InChI is InChI=1S/C19H14Cl2FN3O/c20-14-9-6-12(10-15(14)21)23-19-18-16(2-1-3-17(18)26)25(24-19)13-7-4-11(22)5-8-13/h4-10H,1-3H2,(H,23,24). The number of halogens is 3. The molecular weight excluding hydrogens is 376 g/mol. The molecule has 132 valence electrons. The van der Waals surface area contributed by atoms with Gasteiger partial charge in [-0.25, -0.2) is 9.07 Å². The van der Waals surface area contributed by atoms with E-state index in [1.807, 2.05) is 0 Å². The van der Waals surface area contributed by atoms with Crippen LogP contribution in [0.2, 0.25) is 10.0 Å². The summed E-state index contributed by atoms with van der Waals surface area (Å²) in [5, 5.41) is 8.60. The molecule has 26 heavy (non-hydrogen) atoms. The van der Waals surface area contributed by atoms with Crippen molar-refractivity contribution in [3.8, 4) is 5.69 Å². The van der Waals surface area contributed by atoms with Gasteiger partial charge in [-0.1, -0.05) is 23.2 Å². The van der Waals surface area contributed by atoms with Crippen LogP contribution in [0, 0.1) is 5.82 Å². The predicted molar refractivity (Wildman–Crippen MR) is 101 cm³/mol. The summed E-state index contributed by atoms with van der Waals surface area (Å²) in [5.74, 6) is 0.189. The molecular formula is C19H14Cl2FN3O. The summed E-state index contributed by atoms with van der Waals surface area (Å²) in [6, 6.07) is 11.2. The monoisotopic (exact) mass is 389 g/mol. The molecule has 0 aliphatic heterocycles. The van der Waals surface area contributed by atoms with Gasteiger partial charge in [-0.15, -0.1) is 5.10 Å². The lowest BCUT2D eigenvalue weighted by molar-refractivity contribution is 0.0973. The van der Waals surface area contributed by atoms with Gasteiger partial charge in [0.1, 0.15) is 5.82 Å². The number of carbonyl (C=O) groups is 1. The maximum absolute atomic E-state index is 13.2. The maximum atomic E-state index is 13.2. The first kappa shape index (κ1) is 17.1. The molecule has 1 aliphatic rings. The van der Waals surface area contributed by atoms with Gasteiger partial charge in [0.05, 0.1) is 27.0 Å². The van der Waals surface area contributed by atoms with Crippen LogP contribution < -0.4 is 5.32 Å². The quantitative estimate of drug-likeness (QED) is 0.635. The number of fused-ring (bicyclic) bond motifs is 1. The Morgan fingerprint density at radius 2 is 1.81 bits per heavy atom. The Morgan fingerprint density at radius 1 is 1.04 bits per heavy atom. The zero-order valence-electron chi connectivity index (χ0n) is 13.6. The molecule has 0 atom stereocenters. The van der Waals surface area contributed by atoms with Crippen LogP contribution in [0.1, 0.15) is 28.9 Å². The molecule has 2 aromatic carbocycles. The van der Waals surface area contributed by atoms with Crippen LogP contribution in [-0.2, 0) is 6.42 Å². The van der Waals surface area contributed by atoms with Crippen LogP contribution in [0.25, 0.3) is 5.69 Å². The van der Waals surface area contributed by atoms with Gasteiger partial charge in [0.2, 0.25) is 0 Å². The molecule has 0 saturated heterocycles. The molecule has 0 fully saturated rings. The fraction of sp³-hybridized carbons (Fsp3) is 0.158. The summed E-state index contributed by atoms with van der Waals surface area (Å²) < 4.78 is 14.9. The SMILES string of the molecule is O=C1CCCc2c1c(Nc1ccc(Cl)c(Cl)c1)nn2-c1ccc(F)cc1. The first-order valence-corrected chi connectivity index (χ1v) is 8.91. The summed E-state index contributed by atoms with van der Waals surface area (Å²) in [7, 11) is 0. The Labute approximate surface area is 159 Å². The lowest BCUT2D eigenvalue weighted by Gasteiger charge is -2.13. The molecule has 4 nitrogen and oxygen atoms in total. The minimum atomic E-state index is -0.319. The number of benzene rings is 2. The molecule has 7 heteroatoms. The Kier molecular flexibility index (Phi) is 4.42. The normalized spacial score (nSPS) is 13.6. The highest BCUT2D eigenvalue weighted by atomic mass is 35.5. The van der Waals surface area contributed by atoms with Crippen LogP contribution in [0.15, 0.2) is 42.5 Å². The number of carbonyl (C=O) groups excluding carboxylic acids is 1. The number of Topliss-reactive ketones (excluding diaryl/α,β-unsaturated/α-hetero) is 1. The molecule has 4 rings (SSSR count). The molecule has 0 bridgehead atoms. The number of rotatable bonds is 3. The van der Waals surface area contributed by atoms with E-state index in [-0.39, 0.29) is 11.6 Å². The van der Waals surface area contributed by atoms with Crippen molar-refractivity contribution in [1.29, 1.82) is 0 Å². The summed E-state index contributed by atoms with van der Waals surface area (Å²) in [6.07, 6.45) is 1.98. The van der Waals surface area contributed by atoms with Gasteiger partial charge in [0, 0.05) is 12.1 Å². The lowest BCUT2D eigenvalue weighted by Crippen LogP contribution is -2.13. The van der Waals surface area contributed by atoms with Crippen LogP contribution in [0.5, 0.6) is 0 Å². The molecule has 0 saturated carbocycles. The first-order chi connectivity index (χ1) is 12.5. The molecule has 0 radical (unpaired) electrons. The Morgan fingerprint density at radius 3 is 2.54 bits per heavy atom. The van der Waals surface area contributed by atoms with Crippen molar-refractivity contribution in [1.82, 2.24) is 9.78 Å². The minimum Gasteiger partial charge on any atom is -0.338 e. The zero-order chi connectivity index (χ0) is 18.3. The molecule has 1 aliphatic carbocycles. The van der Waals surface area contributed by atoms with Crippen LogP contribution >= 0.6 is 23.2 Å². The molecule has 3 aromatic rings. The van der Waals surface area contributed by atoms with Gasteiger partial charge in [-0.2, -0.15) is 0 Å². The van der Waals surface area contributed by atoms with E-state index in [2.05, 4.69) is 10.4 Å². The molecule has 0 unspecified atom stereocenters. The minimum absolute atomic E-state index is 0.0437. The third-order valence-electron chi connectivity index (χ3n) is 4.33. The highest BCUT2D eigenvalue weighted by Crippen LogP contribution is 2.33. The zero-order valence-corrected chi connectivity index (χ0v) is 15.1. The van der Waals surface area contributed by atoms with E-state index in [0.717, 1.165) is 18.5 Å². The second kappa shape index (κ2) is 6.74. The van der Waals surface area contributed by atoms with Crippen molar-refractivity contribution in [3.63, 3.8) is 0 Å². The molecule has 0 spiro atoms. The van der Waals surface area contributed by atoms with Crippen LogP contribution in [0.4, 0.5) is 15.9 Å².